The molecule has 0 amide bonds. The molecule has 1 aliphatic rings. The highest BCUT2D eigenvalue weighted by Gasteiger charge is 2.54. The van der Waals surface area contributed by atoms with Gasteiger partial charge in [-0.25, -0.2) is 4.79 Å². The van der Waals surface area contributed by atoms with Crippen LogP contribution in [0.3, 0.4) is 0 Å². The fourth-order valence-electron chi connectivity index (χ4n) is 2.67. The van der Waals surface area contributed by atoms with Gasteiger partial charge in [-0.15, -0.1) is 0 Å². The lowest BCUT2D eigenvalue weighted by atomic mass is 9.89. The van der Waals surface area contributed by atoms with Crippen LogP contribution in [0.4, 0.5) is 0 Å². The van der Waals surface area contributed by atoms with Gasteiger partial charge in [-0.2, -0.15) is 0 Å². The van der Waals surface area contributed by atoms with Crippen molar-refractivity contribution in [2.24, 2.45) is 5.73 Å². The van der Waals surface area contributed by atoms with E-state index in [1.807, 2.05) is 0 Å². The molecule has 0 saturated carbocycles. The summed E-state index contributed by atoms with van der Waals surface area (Å²) in [7, 11) is 0. The Hall–Kier alpha value is -1.59. The Morgan fingerprint density at radius 1 is 1.36 bits per heavy atom. The lowest BCUT2D eigenvalue weighted by Gasteiger charge is -2.45. The molecule has 9 nitrogen and oxygen atoms in total. The molecule has 1 aliphatic heterocycles. The van der Waals surface area contributed by atoms with Crippen molar-refractivity contribution in [2.75, 3.05) is 6.61 Å². The molecule has 1 aromatic rings. The van der Waals surface area contributed by atoms with Crippen LogP contribution in [0.2, 0.25) is 0 Å². The summed E-state index contributed by atoms with van der Waals surface area (Å²) in [4.78, 5) is 11.8. The van der Waals surface area contributed by atoms with E-state index in [9.17, 15) is 25.2 Å². The smallest absolute Gasteiger partial charge is 0.364 e. The van der Waals surface area contributed by atoms with E-state index in [0.29, 0.717) is 5.56 Å². The fourth-order valence-corrected chi connectivity index (χ4v) is 2.67. The third kappa shape index (κ3) is 4.33. The number of ether oxygens (including phenoxy) is 2. The van der Waals surface area contributed by atoms with Gasteiger partial charge in [-0.3, -0.25) is 0 Å². The number of carbonyl (C=O) groups is 1. The van der Waals surface area contributed by atoms with E-state index in [-0.39, 0.29) is 6.61 Å². The van der Waals surface area contributed by atoms with Crippen molar-refractivity contribution in [3.63, 3.8) is 0 Å². The molecule has 0 radical (unpaired) electrons. The second-order valence-electron chi connectivity index (χ2n) is 6.00. The second-order valence-corrected chi connectivity index (χ2v) is 6.00. The summed E-state index contributed by atoms with van der Waals surface area (Å²) in [5.41, 5.74) is 6.45. The highest BCUT2D eigenvalue weighted by Crippen LogP contribution is 2.33. The van der Waals surface area contributed by atoms with E-state index in [1.165, 1.54) is 0 Å². The summed E-state index contributed by atoms with van der Waals surface area (Å²) in [6, 6.07) is 7.58. The zero-order valence-electron chi connectivity index (χ0n) is 13.4. The molecule has 0 aliphatic carbocycles. The molecule has 25 heavy (non-hydrogen) atoms. The lowest BCUT2D eigenvalue weighted by molar-refractivity contribution is -0.312. The van der Waals surface area contributed by atoms with Crippen LogP contribution in [-0.4, -0.2) is 74.4 Å². The molecular weight excluding hydrogens is 334 g/mol. The maximum atomic E-state index is 11.8. The van der Waals surface area contributed by atoms with Crippen LogP contribution in [-0.2, 0) is 20.9 Å². The minimum Gasteiger partial charge on any atom is -0.477 e. The summed E-state index contributed by atoms with van der Waals surface area (Å²) in [5.74, 6) is -3.74. The minimum atomic E-state index is -2.24. The van der Waals surface area contributed by atoms with Gasteiger partial charge in [0.2, 0.25) is 0 Å². The summed E-state index contributed by atoms with van der Waals surface area (Å²) in [6.45, 7) is -0.894. The van der Waals surface area contributed by atoms with E-state index >= 15 is 0 Å². The van der Waals surface area contributed by atoms with Crippen LogP contribution in [0, 0.1) is 0 Å². The summed E-state index contributed by atoms with van der Waals surface area (Å²) >= 11 is 0. The number of aliphatic hydroxyl groups is 4. The summed E-state index contributed by atoms with van der Waals surface area (Å²) in [6.07, 6.45) is -6.56. The van der Waals surface area contributed by atoms with Gasteiger partial charge in [-0.1, -0.05) is 30.3 Å². The Morgan fingerprint density at radius 3 is 2.56 bits per heavy atom. The standard InChI is InChI=1S/C16H23NO8/c17-12-10(19)6-16(15(22)23,24-8-9-4-2-1-3-5-9)25-14(12)13(21)11(20)7-18/h1-5,10-14,18-21H,6-8,17H2,(H,22,23). The monoisotopic (exact) mass is 357 g/mol. The van der Waals surface area contributed by atoms with E-state index in [0.717, 1.165) is 0 Å². The number of benzene rings is 1. The average Bonchev–Trinajstić information content (AvgIpc) is 2.62. The van der Waals surface area contributed by atoms with Crippen molar-refractivity contribution in [3.05, 3.63) is 35.9 Å². The highest BCUT2D eigenvalue weighted by atomic mass is 16.7. The molecule has 2 rings (SSSR count). The van der Waals surface area contributed by atoms with Crippen LogP contribution in [0.15, 0.2) is 30.3 Å². The molecular formula is C16H23NO8. The van der Waals surface area contributed by atoms with Gasteiger partial charge in [0.05, 0.1) is 25.4 Å². The Kier molecular flexibility index (Phi) is 6.47. The van der Waals surface area contributed by atoms with Gasteiger partial charge in [0, 0.05) is 6.42 Å². The first-order chi connectivity index (χ1) is 11.8. The predicted molar refractivity (Wildman–Crippen MR) is 84.2 cm³/mol. The highest BCUT2D eigenvalue weighted by molar-refractivity contribution is 5.76. The molecule has 9 heteroatoms. The first-order valence-corrected chi connectivity index (χ1v) is 7.80. The van der Waals surface area contributed by atoms with Crippen molar-refractivity contribution >= 4 is 5.97 Å². The Balaban J connectivity index is 2.22. The van der Waals surface area contributed by atoms with E-state index in [1.54, 1.807) is 30.3 Å². The van der Waals surface area contributed by atoms with Gasteiger partial charge in [0.25, 0.3) is 5.79 Å². The molecule has 0 aromatic heterocycles. The van der Waals surface area contributed by atoms with Crippen LogP contribution >= 0.6 is 0 Å². The first kappa shape index (κ1) is 19.7. The normalized spacial score (nSPS) is 32.1. The molecule has 6 atom stereocenters. The zero-order chi connectivity index (χ0) is 18.6. The number of aliphatic carboxylic acids is 1. The lowest BCUT2D eigenvalue weighted by Crippen LogP contribution is -2.66. The number of rotatable bonds is 7. The van der Waals surface area contributed by atoms with Gasteiger partial charge >= 0.3 is 5.97 Å². The SMILES string of the molecule is NC1C(O)CC(OCc2ccccc2)(C(=O)O)OC1C(O)C(O)CO. The van der Waals surface area contributed by atoms with Gasteiger partial charge in [0.1, 0.15) is 18.3 Å². The molecule has 7 N–H and O–H groups in total. The van der Waals surface area contributed by atoms with Crippen molar-refractivity contribution in [1.82, 2.24) is 0 Å². The Bertz CT molecular complexity index is 571. The quantitative estimate of drug-likeness (QED) is 0.330. The summed E-state index contributed by atoms with van der Waals surface area (Å²) < 4.78 is 10.8. The van der Waals surface area contributed by atoms with E-state index in [4.69, 9.17) is 20.3 Å². The molecule has 0 bridgehead atoms. The van der Waals surface area contributed by atoms with Crippen molar-refractivity contribution in [3.8, 4) is 0 Å². The first-order valence-electron chi connectivity index (χ1n) is 7.80. The zero-order valence-corrected chi connectivity index (χ0v) is 13.4. The number of hydrogen-bond acceptors (Lipinski definition) is 8. The number of nitrogens with two attached hydrogens (primary N) is 1. The van der Waals surface area contributed by atoms with Crippen molar-refractivity contribution in [1.29, 1.82) is 0 Å². The van der Waals surface area contributed by atoms with Crippen LogP contribution < -0.4 is 5.73 Å². The largest absolute Gasteiger partial charge is 0.477 e. The van der Waals surface area contributed by atoms with Crippen molar-refractivity contribution < 1.29 is 39.8 Å². The number of aliphatic hydroxyl groups excluding tert-OH is 4. The molecule has 1 heterocycles. The Labute approximate surface area is 144 Å². The van der Waals surface area contributed by atoms with Gasteiger partial charge < -0.3 is 40.7 Å². The topological polar surface area (TPSA) is 163 Å². The molecule has 1 fully saturated rings. The average molecular weight is 357 g/mol. The Morgan fingerprint density at radius 2 is 2.00 bits per heavy atom. The van der Waals surface area contributed by atoms with E-state index < -0.39 is 55.2 Å². The van der Waals surface area contributed by atoms with Crippen molar-refractivity contribution in [2.45, 2.75) is 49.3 Å². The number of carboxylic acids is 1. The maximum Gasteiger partial charge on any atom is 0.364 e. The van der Waals surface area contributed by atoms with Crippen LogP contribution in [0.5, 0.6) is 0 Å². The third-order valence-electron chi connectivity index (χ3n) is 4.19. The summed E-state index contributed by atoms with van der Waals surface area (Å²) in [5, 5.41) is 48.3. The van der Waals surface area contributed by atoms with E-state index in [2.05, 4.69) is 0 Å². The van der Waals surface area contributed by atoms with Crippen LogP contribution in [0.25, 0.3) is 0 Å². The second kappa shape index (κ2) is 8.19. The minimum absolute atomic E-state index is 0.111. The molecule has 1 aromatic carbocycles. The maximum absolute atomic E-state index is 11.8. The van der Waals surface area contributed by atoms with Crippen LogP contribution in [0.1, 0.15) is 12.0 Å². The molecule has 140 valence electrons. The predicted octanol–water partition coefficient (Wildman–Crippen LogP) is -1.82. The number of hydrogen-bond donors (Lipinski definition) is 6. The number of carboxylic acid groups (broad SMARTS) is 1. The van der Waals surface area contributed by atoms with Gasteiger partial charge in [0.15, 0.2) is 0 Å². The molecule has 1 saturated heterocycles. The molecule has 0 spiro atoms. The third-order valence-corrected chi connectivity index (χ3v) is 4.19. The van der Waals surface area contributed by atoms with Gasteiger partial charge in [-0.05, 0) is 5.56 Å². The fraction of sp³-hybridized carbons (Fsp3) is 0.562. The molecule has 6 unspecified atom stereocenters.